The fourth-order valence-corrected chi connectivity index (χ4v) is 3.01. The lowest BCUT2D eigenvalue weighted by Crippen LogP contribution is -2.59. The summed E-state index contributed by atoms with van der Waals surface area (Å²) in [6, 6.07) is 2.47. The fraction of sp³-hybridized carbons (Fsp3) is 0.467. The number of rotatable bonds is 3. The number of aromatic nitrogens is 4. The molecule has 0 amide bonds. The molecule has 1 aliphatic heterocycles. The first-order chi connectivity index (χ1) is 10.7. The van der Waals surface area contributed by atoms with E-state index in [1.54, 1.807) is 0 Å². The van der Waals surface area contributed by atoms with Crippen LogP contribution in [0.25, 0.3) is 0 Å². The van der Waals surface area contributed by atoms with Crippen molar-refractivity contribution in [1.82, 2.24) is 20.2 Å². The number of fused-ring (bicyclic) bond motifs is 1. The van der Waals surface area contributed by atoms with E-state index in [9.17, 15) is 4.39 Å². The van der Waals surface area contributed by atoms with Crippen LogP contribution in [0.3, 0.4) is 0 Å². The zero-order chi connectivity index (χ0) is 15.1. The molecule has 0 radical (unpaired) electrons. The molecule has 1 saturated heterocycles. The monoisotopic (exact) mass is 300 g/mol. The smallest absolute Gasteiger partial charge is 0.225 e. The molecule has 1 fully saturated rings. The van der Waals surface area contributed by atoms with Crippen molar-refractivity contribution in [2.24, 2.45) is 0 Å². The van der Waals surface area contributed by atoms with Crippen molar-refractivity contribution in [3.63, 3.8) is 0 Å². The van der Waals surface area contributed by atoms with E-state index in [4.69, 9.17) is 0 Å². The second kappa shape index (κ2) is 5.15. The number of halogens is 1. The second-order valence-corrected chi connectivity index (χ2v) is 5.90. The van der Waals surface area contributed by atoms with Crippen LogP contribution in [0.5, 0.6) is 0 Å². The molecule has 0 unspecified atom stereocenters. The molecule has 0 N–H and O–H groups in total. The summed E-state index contributed by atoms with van der Waals surface area (Å²) in [6.07, 6.45) is 5.73. The van der Waals surface area contributed by atoms with Gasteiger partial charge in [-0.05, 0) is 30.9 Å². The number of likely N-dealkylation sites (N-methyl/N-ethyl adjacent to an activating group) is 1. The summed E-state index contributed by atoms with van der Waals surface area (Å²) in [4.78, 5) is 12.2. The highest BCUT2D eigenvalue weighted by atomic mass is 19.1. The lowest BCUT2D eigenvalue weighted by Gasteiger charge is -2.44. The van der Waals surface area contributed by atoms with Crippen LogP contribution in [0.4, 0.5) is 16.2 Å². The topological polar surface area (TPSA) is 58.0 Å². The van der Waals surface area contributed by atoms with Gasteiger partial charge in [-0.3, -0.25) is 0 Å². The van der Waals surface area contributed by atoms with Gasteiger partial charge in [0.05, 0.1) is 24.1 Å². The maximum absolute atomic E-state index is 12.9. The van der Waals surface area contributed by atoms with Crippen molar-refractivity contribution in [3.05, 3.63) is 35.5 Å². The first-order valence-electron chi connectivity index (χ1n) is 7.51. The molecule has 1 aliphatic carbocycles. The maximum Gasteiger partial charge on any atom is 0.225 e. The zero-order valence-corrected chi connectivity index (χ0v) is 12.4. The van der Waals surface area contributed by atoms with E-state index >= 15 is 0 Å². The van der Waals surface area contributed by atoms with Gasteiger partial charge in [0.25, 0.3) is 0 Å². The van der Waals surface area contributed by atoms with Crippen molar-refractivity contribution in [2.75, 3.05) is 29.9 Å². The third-order valence-corrected chi connectivity index (χ3v) is 4.46. The average molecular weight is 300 g/mol. The van der Waals surface area contributed by atoms with Crippen LogP contribution >= 0.6 is 0 Å². The van der Waals surface area contributed by atoms with Crippen LogP contribution in [0, 0.1) is 5.82 Å². The van der Waals surface area contributed by atoms with E-state index in [-0.39, 0.29) is 0 Å². The van der Waals surface area contributed by atoms with E-state index in [1.807, 2.05) is 11.9 Å². The van der Waals surface area contributed by atoms with Crippen molar-refractivity contribution in [1.29, 1.82) is 0 Å². The van der Waals surface area contributed by atoms with Crippen molar-refractivity contribution < 1.29 is 4.39 Å². The Kier molecular flexibility index (Phi) is 3.13. The highest BCUT2D eigenvalue weighted by Gasteiger charge is 2.33. The molecule has 0 bridgehead atoms. The van der Waals surface area contributed by atoms with Gasteiger partial charge in [-0.2, -0.15) is 5.10 Å². The van der Waals surface area contributed by atoms with Gasteiger partial charge in [-0.25, -0.2) is 14.4 Å². The zero-order valence-electron chi connectivity index (χ0n) is 12.4. The van der Waals surface area contributed by atoms with Crippen LogP contribution in [-0.2, 0) is 12.8 Å². The van der Waals surface area contributed by atoms with Crippen LogP contribution in [0.1, 0.15) is 17.7 Å². The molecule has 0 aromatic carbocycles. The molecule has 0 spiro atoms. The van der Waals surface area contributed by atoms with Gasteiger partial charge in [0.1, 0.15) is 0 Å². The molecule has 7 heteroatoms. The summed E-state index contributed by atoms with van der Waals surface area (Å²) < 4.78 is 12.9. The van der Waals surface area contributed by atoms with Gasteiger partial charge in [-0.1, -0.05) is 0 Å². The van der Waals surface area contributed by atoms with E-state index in [0.717, 1.165) is 37.4 Å². The van der Waals surface area contributed by atoms with Gasteiger partial charge in [0.2, 0.25) is 5.95 Å². The van der Waals surface area contributed by atoms with Gasteiger partial charge in [0, 0.05) is 20.1 Å². The van der Waals surface area contributed by atoms with Gasteiger partial charge in [-0.15, -0.1) is 5.10 Å². The minimum absolute atomic E-state index is 0.306. The van der Waals surface area contributed by atoms with Crippen molar-refractivity contribution >= 4 is 11.8 Å². The maximum atomic E-state index is 12.9. The minimum Gasteiger partial charge on any atom is -0.351 e. The summed E-state index contributed by atoms with van der Waals surface area (Å²) in [6.45, 7) is 1.70. The Hall–Kier alpha value is -2.31. The van der Waals surface area contributed by atoms with Crippen LogP contribution in [-0.4, -0.2) is 46.3 Å². The quantitative estimate of drug-likeness (QED) is 0.849. The molecule has 114 valence electrons. The number of anilines is 2. The Balaban J connectivity index is 1.42. The Morgan fingerprint density at radius 2 is 1.95 bits per heavy atom. The third kappa shape index (κ3) is 2.26. The molecule has 2 aromatic rings. The molecule has 3 heterocycles. The van der Waals surface area contributed by atoms with Crippen molar-refractivity contribution in [2.45, 2.75) is 25.3 Å². The van der Waals surface area contributed by atoms with E-state index in [0.29, 0.717) is 12.0 Å². The van der Waals surface area contributed by atoms with Gasteiger partial charge in [0.15, 0.2) is 11.6 Å². The summed E-state index contributed by atoms with van der Waals surface area (Å²) in [7, 11) is 1.93. The van der Waals surface area contributed by atoms with Crippen LogP contribution in [0.15, 0.2) is 18.5 Å². The normalized spacial score (nSPS) is 17.3. The molecule has 22 heavy (non-hydrogen) atoms. The summed E-state index contributed by atoms with van der Waals surface area (Å²) in [5.74, 6) is 1.08. The third-order valence-electron chi connectivity index (χ3n) is 4.46. The number of hydrogen-bond donors (Lipinski definition) is 0. The summed E-state index contributed by atoms with van der Waals surface area (Å²) >= 11 is 0. The van der Waals surface area contributed by atoms with E-state index < -0.39 is 5.82 Å². The Labute approximate surface area is 128 Å². The first-order valence-corrected chi connectivity index (χ1v) is 7.51. The molecular formula is C15H17FN6. The fourth-order valence-electron chi connectivity index (χ4n) is 3.01. The first kappa shape index (κ1) is 13.4. The Bertz CT molecular complexity index is 683. The van der Waals surface area contributed by atoms with E-state index in [2.05, 4.69) is 31.1 Å². The second-order valence-electron chi connectivity index (χ2n) is 5.90. The lowest BCUT2D eigenvalue weighted by atomic mass is 10.1. The van der Waals surface area contributed by atoms with Crippen LogP contribution < -0.4 is 9.80 Å². The predicted octanol–water partition coefficient (Wildman–Crippen LogP) is 1.22. The Morgan fingerprint density at radius 1 is 1.18 bits per heavy atom. The number of hydrogen-bond acceptors (Lipinski definition) is 6. The molecule has 6 nitrogen and oxygen atoms in total. The number of nitrogens with zero attached hydrogens (tertiary/aromatic N) is 6. The standard InChI is InChI=1S/C15H17FN6/c1-21(15-17-6-11(16)7-18-15)12-8-22(9-12)14-5-10-3-2-4-13(10)19-20-14/h5-7,12H,2-4,8-9H2,1H3. The molecule has 4 rings (SSSR count). The highest BCUT2D eigenvalue weighted by molar-refractivity contribution is 5.48. The number of aryl methyl sites for hydroxylation is 2. The van der Waals surface area contributed by atoms with E-state index in [1.165, 1.54) is 24.4 Å². The molecular weight excluding hydrogens is 283 g/mol. The van der Waals surface area contributed by atoms with Crippen molar-refractivity contribution in [3.8, 4) is 0 Å². The van der Waals surface area contributed by atoms with Gasteiger partial charge >= 0.3 is 0 Å². The summed E-state index contributed by atoms with van der Waals surface area (Å²) in [5.41, 5.74) is 2.49. The minimum atomic E-state index is -0.416. The largest absolute Gasteiger partial charge is 0.351 e. The SMILES string of the molecule is CN(c1ncc(F)cn1)C1CN(c2cc3c(nn2)CCC3)C1. The van der Waals surface area contributed by atoms with Gasteiger partial charge < -0.3 is 9.80 Å². The van der Waals surface area contributed by atoms with Crippen LogP contribution in [0.2, 0.25) is 0 Å². The predicted molar refractivity (Wildman–Crippen MR) is 80.5 cm³/mol. The average Bonchev–Trinajstić information content (AvgIpc) is 2.94. The molecule has 2 aliphatic rings. The summed E-state index contributed by atoms with van der Waals surface area (Å²) in [5, 5.41) is 8.66. The Morgan fingerprint density at radius 3 is 2.73 bits per heavy atom. The molecule has 0 saturated carbocycles. The molecule has 0 atom stereocenters. The highest BCUT2D eigenvalue weighted by Crippen LogP contribution is 2.27. The lowest BCUT2D eigenvalue weighted by molar-refractivity contribution is 0.483. The molecule has 2 aromatic heterocycles.